The smallest absolute Gasteiger partial charge is 0.142 e. The summed E-state index contributed by atoms with van der Waals surface area (Å²) in [5.74, 6) is 0.304. The first-order chi connectivity index (χ1) is 7.77. The molecular weight excluding hydrogens is 224 g/mol. The number of carbonyl (C=O) groups excluding carboxylic acids is 1. The van der Waals surface area contributed by atoms with Crippen LogP contribution in [0.3, 0.4) is 0 Å². The van der Waals surface area contributed by atoms with Crippen molar-refractivity contribution in [2.75, 3.05) is 13.2 Å². The number of hydrogen-bond donors (Lipinski definition) is 0. The van der Waals surface area contributed by atoms with E-state index in [2.05, 4.69) is 0 Å². The summed E-state index contributed by atoms with van der Waals surface area (Å²) >= 11 is 6.02. The summed E-state index contributed by atoms with van der Waals surface area (Å²) in [6.45, 7) is 1.36. The van der Waals surface area contributed by atoms with Crippen molar-refractivity contribution in [3.05, 3.63) is 34.9 Å². The predicted octanol–water partition coefficient (Wildman–Crippen LogP) is 2.88. The van der Waals surface area contributed by atoms with Crippen LogP contribution in [0.25, 0.3) is 0 Å². The van der Waals surface area contributed by atoms with Crippen LogP contribution < -0.4 is 0 Å². The number of Topliss-reactive ketones (excluding diaryl/α,β-unsaturated/α-hetero) is 1. The molecule has 16 heavy (non-hydrogen) atoms. The Hall–Kier alpha value is -0.860. The van der Waals surface area contributed by atoms with Crippen LogP contribution in [0.1, 0.15) is 18.4 Å². The van der Waals surface area contributed by atoms with Crippen LogP contribution in [0, 0.1) is 5.92 Å². The second-order valence-corrected chi connectivity index (χ2v) is 4.56. The number of carbonyl (C=O) groups is 1. The number of rotatable bonds is 3. The van der Waals surface area contributed by atoms with E-state index in [4.69, 9.17) is 16.3 Å². The van der Waals surface area contributed by atoms with Gasteiger partial charge in [-0.2, -0.15) is 0 Å². The summed E-state index contributed by atoms with van der Waals surface area (Å²) in [5, 5.41) is 0.674. The SMILES string of the molecule is O=C(Cc1ccccc1Cl)C1CCCOC1. The maximum atomic E-state index is 12.0. The van der Waals surface area contributed by atoms with E-state index < -0.39 is 0 Å². The average molecular weight is 239 g/mol. The van der Waals surface area contributed by atoms with Gasteiger partial charge in [0, 0.05) is 24.0 Å². The normalized spacial score (nSPS) is 20.7. The molecule has 1 aliphatic rings. The van der Waals surface area contributed by atoms with Crippen molar-refractivity contribution in [3.63, 3.8) is 0 Å². The molecule has 1 aromatic rings. The Morgan fingerprint density at radius 1 is 1.44 bits per heavy atom. The molecule has 1 unspecified atom stereocenters. The van der Waals surface area contributed by atoms with E-state index in [1.54, 1.807) is 0 Å². The first-order valence-corrected chi connectivity index (χ1v) is 5.99. The zero-order valence-corrected chi connectivity index (χ0v) is 9.87. The predicted molar refractivity (Wildman–Crippen MR) is 63.7 cm³/mol. The lowest BCUT2D eigenvalue weighted by Gasteiger charge is -2.20. The van der Waals surface area contributed by atoms with Gasteiger partial charge in [-0.25, -0.2) is 0 Å². The molecule has 0 saturated carbocycles. The first kappa shape index (κ1) is 11.6. The molecule has 0 aliphatic carbocycles. The molecule has 1 heterocycles. The third-order valence-electron chi connectivity index (χ3n) is 2.94. The molecule has 1 fully saturated rings. The Balaban J connectivity index is 1.99. The fourth-order valence-corrected chi connectivity index (χ4v) is 2.17. The van der Waals surface area contributed by atoms with Gasteiger partial charge < -0.3 is 4.74 Å². The Kier molecular flexibility index (Phi) is 3.97. The van der Waals surface area contributed by atoms with Gasteiger partial charge in [-0.3, -0.25) is 4.79 Å². The summed E-state index contributed by atoms with van der Waals surface area (Å²) < 4.78 is 5.32. The third kappa shape index (κ3) is 2.83. The molecule has 1 aliphatic heterocycles. The number of hydrogen-bond acceptors (Lipinski definition) is 2. The minimum Gasteiger partial charge on any atom is -0.381 e. The molecular formula is C13H15ClO2. The van der Waals surface area contributed by atoms with E-state index in [-0.39, 0.29) is 11.7 Å². The van der Waals surface area contributed by atoms with Gasteiger partial charge in [-0.05, 0) is 24.5 Å². The van der Waals surface area contributed by atoms with E-state index in [9.17, 15) is 4.79 Å². The van der Waals surface area contributed by atoms with E-state index in [1.165, 1.54) is 0 Å². The van der Waals surface area contributed by atoms with Gasteiger partial charge in [0.25, 0.3) is 0 Å². The zero-order valence-electron chi connectivity index (χ0n) is 9.12. The van der Waals surface area contributed by atoms with Gasteiger partial charge in [0.1, 0.15) is 5.78 Å². The van der Waals surface area contributed by atoms with Gasteiger partial charge in [0.05, 0.1) is 6.61 Å². The molecule has 1 aromatic carbocycles. The topological polar surface area (TPSA) is 26.3 Å². The fraction of sp³-hybridized carbons (Fsp3) is 0.462. The van der Waals surface area contributed by atoms with Gasteiger partial charge in [-0.1, -0.05) is 29.8 Å². The number of ketones is 1. The van der Waals surface area contributed by atoms with E-state index in [0.717, 1.165) is 25.0 Å². The van der Waals surface area contributed by atoms with Crippen LogP contribution in [0.2, 0.25) is 5.02 Å². The number of benzene rings is 1. The maximum absolute atomic E-state index is 12.0. The highest BCUT2D eigenvalue weighted by Gasteiger charge is 2.22. The van der Waals surface area contributed by atoms with Crippen molar-refractivity contribution >= 4 is 17.4 Å². The fourth-order valence-electron chi connectivity index (χ4n) is 1.97. The van der Waals surface area contributed by atoms with Crippen LogP contribution in [0.4, 0.5) is 0 Å². The van der Waals surface area contributed by atoms with Crippen LogP contribution in [0.5, 0.6) is 0 Å². The Bertz CT molecular complexity index is 370. The van der Waals surface area contributed by atoms with Crippen LogP contribution >= 0.6 is 11.6 Å². The molecule has 86 valence electrons. The molecule has 0 spiro atoms. The standard InChI is InChI=1S/C13H15ClO2/c14-12-6-2-1-4-10(12)8-13(15)11-5-3-7-16-9-11/h1-2,4,6,11H,3,5,7-9H2. The van der Waals surface area contributed by atoms with E-state index in [0.29, 0.717) is 18.1 Å². The van der Waals surface area contributed by atoms with Gasteiger partial charge in [-0.15, -0.1) is 0 Å². The molecule has 0 bridgehead atoms. The number of halogens is 1. The summed E-state index contributed by atoms with van der Waals surface area (Å²) in [7, 11) is 0. The quantitative estimate of drug-likeness (QED) is 0.810. The molecule has 2 nitrogen and oxygen atoms in total. The average Bonchev–Trinajstić information content (AvgIpc) is 2.33. The third-order valence-corrected chi connectivity index (χ3v) is 3.31. The lowest BCUT2D eigenvalue weighted by Crippen LogP contribution is -2.26. The van der Waals surface area contributed by atoms with E-state index in [1.807, 2.05) is 24.3 Å². The molecule has 2 rings (SSSR count). The Morgan fingerprint density at radius 3 is 2.94 bits per heavy atom. The molecule has 1 saturated heterocycles. The second kappa shape index (κ2) is 5.46. The zero-order chi connectivity index (χ0) is 11.4. The lowest BCUT2D eigenvalue weighted by atomic mass is 9.93. The monoisotopic (exact) mass is 238 g/mol. The summed E-state index contributed by atoms with van der Waals surface area (Å²) in [6.07, 6.45) is 2.36. The molecule has 0 aromatic heterocycles. The molecule has 0 amide bonds. The minimum absolute atomic E-state index is 0.0602. The highest BCUT2D eigenvalue weighted by atomic mass is 35.5. The van der Waals surface area contributed by atoms with E-state index >= 15 is 0 Å². The summed E-state index contributed by atoms with van der Waals surface area (Å²) in [5.41, 5.74) is 0.916. The van der Waals surface area contributed by atoms with Crippen LogP contribution in [-0.4, -0.2) is 19.0 Å². The highest BCUT2D eigenvalue weighted by Crippen LogP contribution is 2.20. The van der Waals surface area contributed by atoms with Crippen molar-refractivity contribution in [1.29, 1.82) is 0 Å². The van der Waals surface area contributed by atoms with Crippen molar-refractivity contribution in [2.24, 2.45) is 5.92 Å². The van der Waals surface area contributed by atoms with Crippen LogP contribution in [0.15, 0.2) is 24.3 Å². The first-order valence-electron chi connectivity index (χ1n) is 5.61. The Labute approximate surface area is 101 Å². The summed E-state index contributed by atoms with van der Waals surface area (Å²) in [6, 6.07) is 7.51. The van der Waals surface area contributed by atoms with Gasteiger partial charge in [0.15, 0.2) is 0 Å². The van der Waals surface area contributed by atoms with Gasteiger partial charge >= 0.3 is 0 Å². The highest BCUT2D eigenvalue weighted by molar-refractivity contribution is 6.31. The van der Waals surface area contributed by atoms with Crippen LogP contribution in [-0.2, 0) is 16.0 Å². The van der Waals surface area contributed by atoms with Crippen molar-refractivity contribution in [2.45, 2.75) is 19.3 Å². The largest absolute Gasteiger partial charge is 0.381 e. The van der Waals surface area contributed by atoms with Gasteiger partial charge in [0.2, 0.25) is 0 Å². The Morgan fingerprint density at radius 2 is 2.25 bits per heavy atom. The molecule has 0 radical (unpaired) electrons. The number of ether oxygens (including phenoxy) is 1. The minimum atomic E-state index is 0.0602. The maximum Gasteiger partial charge on any atom is 0.142 e. The lowest BCUT2D eigenvalue weighted by molar-refractivity contribution is -0.126. The molecule has 1 atom stereocenters. The summed E-state index contributed by atoms with van der Waals surface area (Å²) in [4.78, 5) is 12.0. The van der Waals surface area contributed by atoms with Crippen molar-refractivity contribution in [1.82, 2.24) is 0 Å². The molecule has 3 heteroatoms. The van der Waals surface area contributed by atoms with Crippen molar-refractivity contribution in [3.8, 4) is 0 Å². The second-order valence-electron chi connectivity index (χ2n) is 4.15. The van der Waals surface area contributed by atoms with Crippen molar-refractivity contribution < 1.29 is 9.53 Å². The molecule has 0 N–H and O–H groups in total.